The maximum Gasteiger partial charge on any atom is 0.289 e. The fourth-order valence-corrected chi connectivity index (χ4v) is 2.95. The topological polar surface area (TPSA) is 190 Å². The van der Waals surface area contributed by atoms with Crippen molar-refractivity contribution in [3.05, 3.63) is 65.3 Å². The molecule has 0 unspecified atom stereocenters. The lowest BCUT2D eigenvalue weighted by atomic mass is 10.2. The summed E-state index contributed by atoms with van der Waals surface area (Å²) in [5.74, 6) is -0.823. The van der Waals surface area contributed by atoms with Crippen molar-refractivity contribution >= 4 is 56.7 Å². The van der Waals surface area contributed by atoms with Gasteiger partial charge in [-0.05, 0) is 36.4 Å². The van der Waals surface area contributed by atoms with Crippen LogP contribution in [0.3, 0.4) is 0 Å². The number of nitrogens with zero attached hydrogens (tertiary/aromatic N) is 3. The van der Waals surface area contributed by atoms with Crippen LogP contribution in [0.25, 0.3) is 0 Å². The van der Waals surface area contributed by atoms with E-state index in [9.17, 15) is 18.0 Å². The van der Waals surface area contributed by atoms with Crippen LogP contribution in [0.5, 0.6) is 0 Å². The number of hydrogen-bond acceptors (Lipinski definition) is 8. The maximum atomic E-state index is 12.6. The predicted molar refractivity (Wildman–Crippen MR) is 129 cm³/mol. The van der Waals surface area contributed by atoms with Crippen molar-refractivity contribution in [1.82, 2.24) is 15.0 Å². The molecule has 0 aliphatic carbocycles. The van der Waals surface area contributed by atoms with E-state index in [2.05, 4.69) is 25.6 Å². The molecule has 0 bridgehead atoms. The molecule has 35 heavy (non-hydrogen) atoms. The average Bonchev–Trinajstić information content (AvgIpc) is 3.44. The first kappa shape index (κ1) is 25.6. The summed E-state index contributed by atoms with van der Waals surface area (Å²) in [6, 6.07) is 10.2. The quantitative estimate of drug-likeness (QED) is 0.313. The third-order valence-electron chi connectivity index (χ3n) is 4.29. The second kappa shape index (κ2) is 10.9. The Kier molecular flexibility index (Phi) is 8.01. The third-order valence-corrected chi connectivity index (χ3v) is 4.51. The highest BCUT2D eigenvalue weighted by molar-refractivity contribution is 7.85. The predicted octanol–water partition coefficient (Wildman–Crippen LogP) is 2.24. The standard InChI is InChI=1S/C19H16ClN7O3.CH4O3S/c20-11-1-6-14(22-9-11)26-18(29)16-15(23-10-24-16)17(28)25-12-2-4-13(5-3-12)27-7-8-30-19(27)21;1-5(2,3)4/h1-6,9-10,21H,7-8H2,(H,23,24)(H,25,28)(H,22,26,29);1H3,(H,2,3,4). The molecule has 1 saturated heterocycles. The van der Waals surface area contributed by atoms with Crippen molar-refractivity contribution in [1.29, 1.82) is 5.41 Å². The summed E-state index contributed by atoms with van der Waals surface area (Å²) in [5.41, 5.74) is 1.26. The normalized spacial score (nSPS) is 12.9. The summed E-state index contributed by atoms with van der Waals surface area (Å²) in [6.07, 6.45) is 3.38. The van der Waals surface area contributed by atoms with Gasteiger partial charge in [0.2, 0.25) is 0 Å². The van der Waals surface area contributed by atoms with E-state index in [0.717, 1.165) is 5.69 Å². The Labute approximate surface area is 204 Å². The summed E-state index contributed by atoms with van der Waals surface area (Å²) >= 11 is 5.78. The zero-order valence-corrected chi connectivity index (χ0v) is 19.7. The molecule has 0 saturated carbocycles. The molecule has 0 atom stereocenters. The highest BCUT2D eigenvalue weighted by atomic mass is 35.5. The molecule has 1 aromatic carbocycles. The molecule has 1 aliphatic heterocycles. The monoisotopic (exact) mass is 521 g/mol. The first-order valence-electron chi connectivity index (χ1n) is 9.80. The number of carbonyl (C=O) groups is 2. The van der Waals surface area contributed by atoms with Crippen LogP contribution in [0.4, 0.5) is 17.2 Å². The molecular weight excluding hydrogens is 502 g/mol. The van der Waals surface area contributed by atoms with Crippen LogP contribution in [0.2, 0.25) is 5.02 Å². The highest BCUT2D eigenvalue weighted by Gasteiger charge is 2.22. The lowest BCUT2D eigenvalue weighted by Crippen LogP contribution is -2.24. The van der Waals surface area contributed by atoms with E-state index in [-0.39, 0.29) is 23.2 Å². The molecule has 2 amide bonds. The van der Waals surface area contributed by atoms with Crippen molar-refractivity contribution in [3.8, 4) is 0 Å². The number of amides is 2. The molecule has 1 fully saturated rings. The van der Waals surface area contributed by atoms with Crippen LogP contribution in [0.15, 0.2) is 48.9 Å². The van der Waals surface area contributed by atoms with Crippen molar-refractivity contribution < 1.29 is 27.3 Å². The van der Waals surface area contributed by atoms with Crippen molar-refractivity contribution in [2.45, 2.75) is 0 Å². The Bertz CT molecular complexity index is 1320. The van der Waals surface area contributed by atoms with E-state index in [1.54, 1.807) is 41.3 Å². The van der Waals surface area contributed by atoms with Gasteiger partial charge >= 0.3 is 0 Å². The first-order valence-corrected chi connectivity index (χ1v) is 12.0. The zero-order chi connectivity index (χ0) is 25.6. The average molecular weight is 522 g/mol. The minimum absolute atomic E-state index is 0.0141. The minimum atomic E-state index is -3.67. The first-order chi connectivity index (χ1) is 16.5. The van der Waals surface area contributed by atoms with Gasteiger partial charge < -0.3 is 20.4 Å². The summed E-state index contributed by atoms with van der Waals surface area (Å²) in [7, 11) is -3.67. The number of anilines is 3. The third kappa shape index (κ3) is 7.49. The number of imidazole rings is 1. The summed E-state index contributed by atoms with van der Waals surface area (Å²) in [4.78, 5) is 37.4. The molecule has 1 aliphatic rings. The van der Waals surface area contributed by atoms with E-state index >= 15 is 0 Å². The summed E-state index contributed by atoms with van der Waals surface area (Å²) in [5, 5.41) is 13.4. The fraction of sp³-hybridized carbons (Fsp3) is 0.150. The number of ether oxygens (including phenoxy) is 1. The Morgan fingerprint density at radius 3 is 2.40 bits per heavy atom. The number of amidine groups is 1. The van der Waals surface area contributed by atoms with Crippen LogP contribution in [0.1, 0.15) is 21.0 Å². The van der Waals surface area contributed by atoms with Crippen LogP contribution in [-0.2, 0) is 14.9 Å². The number of nitrogens with one attached hydrogen (secondary N) is 4. The lowest BCUT2D eigenvalue weighted by molar-refractivity contribution is 0.0985. The van der Waals surface area contributed by atoms with Gasteiger partial charge in [-0.3, -0.25) is 24.5 Å². The van der Waals surface area contributed by atoms with Crippen LogP contribution >= 0.6 is 11.6 Å². The summed E-state index contributed by atoms with van der Waals surface area (Å²) < 4.78 is 31.0. The van der Waals surface area contributed by atoms with E-state index in [4.69, 9.17) is 26.3 Å². The van der Waals surface area contributed by atoms with E-state index in [1.807, 2.05) is 0 Å². The van der Waals surface area contributed by atoms with Crippen LogP contribution in [-0.4, -0.2) is 65.2 Å². The molecule has 0 radical (unpaired) electrons. The van der Waals surface area contributed by atoms with Crippen molar-refractivity contribution in [2.75, 3.05) is 34.9 Å². The van der Waals surface area contributed by atoms with Gasteiger partial charge in [-0.25, -0.2) is 9.97 Å². The SMILES string of the molecule is CS(=O)(=O)O.N=C1OCCN1c1ccc(NC(=O)c2[nH]cnc2C(=O)Nc2ccc(Cl)cn2)cc1. The Hall–Kier alpha value is -4.01. The molecule has 13 nitrogen and oxygen atoms in total. The van der Waals surface area contributed by atoms with E-state index in [0.29, 0.717) is 30.1 Å². The molecule has 3 heterocycles. The maximum absolute atomic E-state index is 12.6. The number of carbonyl (C=O) groups excluding carboxylic acids is 2. The minimum Gasteiger partial charge on any atom is -0.463 e. The van der Waals surface area contributed by atoms with E-state index < -0.39 is 21.9 Å². The fourth-order valence-electron chi connectivity index (χ4n) is 2.84. The number of pyridine rings is 1. The van der Waals surface area contributed by atoms with Gasteiger partial charge in [-0.2, -0.15) is 8.42 Å². The van der Waals surface area contributed by atoms with Gasteiger partial charge in [-0.15, -0.1) is 0 Å². The van der Waals surface area contributed by atoms with Gasteiger partial charge in [0.1, 0.15) is 18.1 Å². The molecular formula is C20H20ClN7O6S. The van der Waals surface area contributed by atoms with Crippen molar-refractivity contribution in [3.63, 3.8) is 0 Å². The lowest BCUT2D eigenvalue weighted by Gasteiger charge is -2.15. The van der Waals surface area contributed by atoms with Gasteiger partial charge in [0.05, 0.1) is 24.2 Å². The second-order valence-corrected chi connectivity index (χ2v) is 8.88. The number of rotatable bonds is 5. The molecule has 184 valence electrons. The zero-order valence-electron chi connectivity index (χ0n) is 18.1. The number of aromatic nitrogens is 3. The largest absolute Gasteiger partial charge is 0.463 e. The molecule has 4 rings (SSSR count). The Balaban J connectivity index is 0.000000623. The molecule has 2 aromatic heterocycles. The van der Waals surface area contributed by atoms with Gasteiger partial charge in [0.15, 0.2) is 5.69 Å². The van der Waals surface area contributed by atoms with Crippen molar-refractivity contribution in [2.24, 2.45) is 0 Å². The molecule has 5 N–H and O–H groups in total. The number of hydrogen-bond donors (Lipinski definition) is 5. The van der Waals surface area contributed by atoms with E-state index in [1.165, 1.54) is 12.5 Å². The van der Waals surface area contributed by atoms with Gasteiger partial charge in [0.25, 0.3) is 28.0 Å². The molecule has 15 heteroatoms. The van der Waals surface area contributed by atoms with Gasteiger partial charge in [0, 0.05) is 17.6 Å². The highest BCUT2D eigenvalue weighted by Crippen LogP contribution is 2.21. The Morgan fingerprint density at radius 1 is 1.14 bits per heavy atom. The Morgan fingerprint density at radius 2 is 1.83 bits per heavy atom. The molecule has 0 spiro atoms. The number of halogens is 1. The second-order valence-electron chi connectivity index (χ2n) is 6.98. The van der Waals surface area contributed by atoms with Gasteiger partial charge in [-0.1, -0.05) is 11.6 Å². The number of aromatic amines is 1. The smallest absolute Gasteiger partial charge is 0.289 e. The number of benzene rings is 1. The molecule has 3 aromatic rings. The van der Waals surface area contributed by atoms with Crippen LogP contribution < -0.4 is 15.5 Å². The summed E-state index contributed by atoms with van der Waals surface area (Å²) in [6.45, 7) is 1.06. The van der Waals surface area contributed by atoms with Crippen LogP contribution in [0, 0.1) is 5.41 Å². The number of H-pyrrole nitrogens is 1.